The minimum atomic E-state index is -0.149. The van der Waals surface area contributed by atoms with Gasteiger partial charge in [0, 0.05) is 31.7 Å². The first-order chi connectivity index (χ1) is 9.12. The Morgan fingerprint density at radius 1 is 1.32 bits per heavy atom. The normalized spacial score (nSPS) is 17.5. The Balaban J connectivity index is 1.85. The van der Waals surface area contributed by atoms with Crippen LogP contribution in [0.3, 0.4) is 0 Å². The fraction of sp³-hybridized carbons (Fsp3) is 0.625. The van der Waals surface area contributed by atoms with Crippen LogP contribution in [0.4, 0.5) is 4.39 Å². The smallest absolute Gasteiger partial charge is 0.123 e. The van der Waals surface area contributed by atoms with Gasteiger partial charge in [0.2, 0.25) is 0 Å². The maximum atomic E-state index is 13.3. The average molecular weight is 265 g/mol. The van der Waals surface area contributed by atoms with E-state index >= 15 is 0 Å². The molecule has 1 aliphatic rings. The molecule has 1 aromatic rings. The van der Waals surface area contributed by atoms with Crippen molar-refractivity contribution in [2.45, 2.75) is 32.1 Å². The van der Waals surface area contributed by atoms with Gasteiger partial charge >= 0.3 is 0 Å². The van der Waals surface area contributed by atoms with E-state index in [0.29, 0.717) is 5.92 Å². The van der Waals surface area contributed by atoms with Gasteiger partial charge in [-0.2, -0.15) is 0 Å². The molecule has 0 spiro atoms. The van der Waals surface area contributed by atoms with Gasteiger partial charge in [0.1, 0.15) is 5.82 Å². The molecule has 3 heteroatoms. The Labute approximate surface area is 115 Å². The molecule has 2 rings (SSSR count). The Hall–Kier alpha value is -0.930. The van der Waals surface area contributed by atoms with Crippen molar-refractivity contribution < 1.29 is 9.13 Å². The molecule has 0 amide bonds. The highest BCUT2D eigenvalue weighted by Crippen LogP contribution is 2.32. The minimum absolute atomic E-state index is 0.0694. The first-order valence-electron chi connectivity index (χ1n) is 7.17. The average Bonchev–Trinajstić information content (AvgIpc) is 2.31. The van der Waals surface area contributed by atoms with Crippen molar-refractivity contribution >= 4 is 0 Å². The van der Waals surface area contributed by atoms with E-state index in [1.54, 1.807) is 12.1 Å². The summed E-state index contributed by atoms with van der Waals surface area (Å²) >= 11 is 0. The van der Waals surface area contributed by atoms with Gasteiger partial charge in [0.15, 0.2) is 0 Å². The maximum absolute atomic E-state index is 13.3. The zero-order valence-corrected chi connectivity index (χ0v) is 11.9. The molecule has 19 heavy (non-hydrogen) atoms. The zero-order chi connectivity index (χ0) is 13.7. The van der Waals surface area contributed by atoms with Crippen LogP contribution >= 0.6 is 0 Å². The van der Waals surface area contributed by atoms with Crippen LogP contribution in [0.2, 0.25) is 0 Å². The number of hydrogen-bond acceptors (Lipinski definition) is 2. The lowest BCUT2D eigenvalue weighted by atomic mass is 9.73. The van der Waals surface area contributed by atoms with Gasteiger partial charge in [-0.15, -0.1) is 0 Å². The van der Waals surface area contributed by atoms with Crippen LogP contribution in [0.25, 0.3) is 0 Å². The number of hydrogen-bond donors (Lipinski definition) is 1. The quantitative estimate of drug-likeness (QED) is 0.765. The molecular formula is C16H24FNO. The molecule has 0 bridgehead atoms. The number of halogens is 1. The van der Waals surface area contributed by atoms with Crippen LogP contribution in [-0.2, 0) is 10.2 Å². The summed E-state index contributed by atoms with van der Waals surface area (Å²) in [6, 6.07) is 6.99. The second-order valence-corrected chi connectivity index (χ2v) is 5.94. The third kappa shape index (κ3) is 3.77. The van der Waals surface area contributed by atoms with E-state index in [-0.39, 0.29) is 11.2 Å². The van der Waals surface area contributed by atoms with Gasteiger partial charge < -0.3 is 10.1 Å². The van der Waals surface area contributed by atoms with Crippen LogP contribution in [0.5, 0.6) is 0 Å². The van der Waals surface area contributed by atoms with Crippen molar-refractivity contribution in [2.75, 3.05) is 26.3 Å². The van der Waals surface area contributed by atoms with E-state index in [4.69, 9.17) is 4.74 Å². The van der Waals surface area contributed by atoms with Crippen molar-refractivity contribution in [2.24, 2.45) is 5.92 Å². The summed E-state index contributed by atoms with van der Waals surface area (Å²) in [4.78, 5) is 0. The van der Waals surface area contributed by atoms with Crippen molar-refractivity contribution in [1.82, 2.24) is 5.32 Å². The molecule has 1 N–H and O–H groups in total. The Kier molecular flexibility index (Phi) is 4.94. The van der Waals surface area contributed by atoms with Crippen LogP contribution < -0.4 is 5.32 Å². The monoisotopic (exact) mass is 265 g/mol. The standard InChI is InChI=1S/C16H24FNO/c1-13(2)6-8-19-9-7-16(11-18-12-16)14-4-3-5-15(17)10-14/h3-5,10,13,18H,6-9,11-12H2,1-2H3. The lowest BCUT2D eigenvalue weighted by molar-refractivity contribution is 0.0920. The fourth-order valence-corrected chi connectivity index (χ4v) is 2.46. The van der Waals surface area contributed by atoms with Crippen LogP contribution in [0.15, 0.2) is 24.3 Å². The first-order valence-corrected chi connectivity index (χ1v) is 7.17. The molecule has 0 radical (unpaired) electrons. The van der Waals surface area contributed by atoms with Crippen LogP contribution in [0.1, 0.15) is 32.3 Å². The summed E-state index contributed by atoms with van der Waals surface area (Å²) in [7, 11) is 0. The highest BCUT2D eigenvalue weighted by atomic mass is 19.1. The first kappa shape index (κ1) is 14.5. The molecule has 0 unspecified atom stereocenters. The van der Waals surface area contributed by atoms with Crippen molar-refractivity contribution in [3.05, 3.63) is 35.6 Å². The summed E-state index contributed by atoms with van der Waals surface area (Å²) < 4.78 is 19.0. The van der Waals surface area contributed by atoms with Gasteiger partial charge in [-0.05, 0) is 36.5 Å². The molecule has 0 atom stereocenters. The van der Waals surface area contributed by atoms with E-state index < -0.39 is 0 Å². The van der Waals surface area contributed by atoms with Crippen LogP contribution in [0, 0.1) is 11.7 Å². The third-order valence-electron chi connectivity index (χ3n) is 3.93. The lowest BCUT2D eigenvalue weighted by Crippen LogP contribution is -2.57. The van der Waals surface area contributed by atoms with Gasteiger partial charge in [-0.1, -0.05) is 26.0 Å². The SMILES string of the molecule is CC(C)CCOCCC1(c2cccc(F)c2)CNC1. The summed E-state index contributed by atoms with van der Waals surface area (Å²) in [6.45, 7) is 7.82. The predicted molar refractivity (Wildman–Crippen MR) is 75.8 cm³/mol. The van der Waals surface area contributed by atoms with Crippen molar-refractivity contribution in [3.8, 4) is 0 Å². The topological polar surface area (TPSA) is 21.3 Å². The zero-order valence-electron chi connectivity index (χ0n) is 11.9. The summed E-state index contributed by atoms with van der Waals surface area (Å²) in [5.41, 5.74) is 1.17. The molecule has 2 nitrogen and oxygen atoms in total. The van der Waals surface area contributed by atoms with Gasteiger partial charge in [-0.3, -0.25) is 0 Å². The molecule has 106 valence electrons. The van der Waals surface area contributed by atoms with Gasteiger partial charge in [0.25, 0.3) is 0 Å². The van der Waals surface area contributed by atoms with E-state index in [1.807, 2.05) is 6.07 Å². The molecule has 1 fully saturated rings. The largest absolute Gasteiger partial charge is 0.381 e. The second-order valence-electron chi connectivity index (χ2n) is 5.94. The third-order valence-corrected chi connectivity index (χ3v) is 3.93. The van der Waals surface area contributed by atoms with Crippen LogP contribution in [-0.4, -0.2) is 26.3 Å². The highest BCUT2D eigenvalue weighted by Gasteiger charge is 2.38. The molecule has 0 aliphatic carbocycles. The van der Waals surface area contributed by atoms with E-state index in [0.717, 1.165) is 44.7 Å². The van der Waals surface area contributed by atoms with Gasteiger partial charge in [-0.25, -0.2) is 4.39 Å². The Bertz CT molecular complexity index is 401. The predicted octanol–water partition coefficient (Wildman–Crippen LogP) is 3.12. The summed E-state index contributed by atoms with van der Waals surface area (Å²) in [5, 5.41) is 3.30. The molecule has 0 aromatic heterocycles. The summed E-state index contributed by atoms with van der Waals surface area (Å²) in [5.74, 6) is 0.534. The second kappa shape index (κ2) is 6.49. The highest BCUT2D eigenvalue weighted by molar-refractivity contribution is 5.30. The Morgan fingerprint density at radius 3 is 2.68 bits per heavy atom. The van der Waals surface area contributed by atoms with Crippen molar-refractivity contribution in [3.63, 3.8) is 0 Å². The number of nitrogens with one attached hydrogen (secondary N) is 1. The number of benzene rings is 1. The molecule has 1 aliphatic heterocycles. The fourth-order valence-electron chi connectivity index (χ4n) is 2.46. The number of rotatable bonds is 7. The maximum Gasteiger partial charge on any atom is 0.123 e. The molecule has 1 aromatic carbocycles. The summed E-state index contributed by atoms with van der Waals surface area (Å²) in [6.07, 6.45) is 2.06. The molecular weight excluding hydrogens is 241 g/mol. The Morgan fingerprint density at radius 2 is 2.11 bits per heavy atom. The molecule has 0 saturated carbocycles. The van der Waals surface area contributed by atoms with E-state index in [9.17, 15) is 4.39 Å². The van der Waals surface area contributed by atoms with Gasteiger partial charge in [0.05, 0.1) is 0 Å². The number of ether oxygens (including phenoxy) is 1. The molecule has 1 heterocycles. The lowest BCUT2D eigenvalue weighted by Gasteiger charge is -2.43. The molecule has 1 saturated heterocycles. The van der Waals surface area contributed by atoms with E-state index in [2.05, 4.69) is 19.2 Å². The van der Waals surface area contributed by atoms with Crippen molar-refractivity contribution in [1.29, 1.82) is 0 Å². The van der Waals surface area contributed by atoms with E-state index in [1.165, 1.54) is 6.07 Å². The minimum Gasteiger partial charge on any atom is -0.381 e.